The van der Waals surface area contributed by atoms with E-state index in [0.717, 1.165) is 10.0 Å². The van der Waals surface area contributed by atoms with Crippen molar-refractivity contribution in [2.45, 2.75) is 6.92 Å². The first kappa shape index (κ1) is 13.3. The van der Waals surface area contributed by atoms with Crippen LogP contribution in [0.4, 0.5) is 0 Å². The van der Waals surface area contributed by atoms with Gasteiger partial charge in [0, 0.05) is 18.7 Å². The SMILES string of the molecule is COCOc1cc(C)c(Br)cc1OCOC. The summed E-state index contributed by atoms with van der Waals surface area (Å²) in [6.45, 7) is 2.34. The molecule has 0 amide bonds. The molecule has 4 nitrogen and oxygen atoms in total. The molecule has 1 aromatic carbocycles. The number of benzene rings is 1. The van der Waals surface area contributed by atoms with Gasteiger partial charge < -0.3 is 18.9 Å². The van der Waals surface area contributed by atoms with Crippen molar-refractivity contribution in [1.82, 2.24) is 0 Å². The van der Waals surface area contributed by atoms with E-state index in [1.165, 1.54) is 0 Å². The number of methoxy groups -OCH3 is 2. The molecule has 90 valence electrons. The third kappa shape index (κ3) is 3.66. The number of hydrogen-bond donors (Lipinski definition) is 0. The van der Waals surface area contributed by atoms with Gasteiger partial charge in [-0.05, 0) is 24.6 Å². The molecular formula is C11H15BrO4. The first-order chi connectivity index (χ1) is 7.69. The standard InChI is InChI=1S/C11H15BrO4/c1-8-4-10(15-6-13-2)11(5-9(8)12)16-7-14-3/h4-5H,6-7H2,1-3H3. The summed E-state index contributed by atoms with van der Waals surface area (Å²) in [4.78, 5) is 0. The van der Waals surface area contributed by atoms with Crippen LogP contribution in [0.1, 0.15) is 5.56 Å². The molecule has 0 aliphatic carbocycles. The Morgan fingerprint density at radius 3 is 2.00 bits per heavy atom. The van der Waals surface area contributed by atoms with E-state index >= 15 is 0 Å². The van der Waals surface area contributed by atoms with Crippen LogP contribution in [0.2, 0.25) is 0 Å². The van der Waals surface area contributed by atoms with Crippen molar-refractivity contribution in [2.75, 3.05) is 27.8 Å². The number of hydrogen-bond acceptors (Lipinski definition) is 4. The van der Waals surface area contributed by atoms with Gasteiger partial charge >= 0.3 is 0 Å². The molecule has 0 N–H and O–H groups in total. The summed E-state index contributed by atoms with van der Waals surface area (Å²) in [7, 11) is 3.14. The second-order valence-electron chi connectivity index (χ2n) is 3.15. The highest BCUT2D eigenvalue weighted by molar-refractivity contribution is 9.10. The maximum Gasteiger partial charge on any atom is 0.188 e. The molecule has 1 aromatic rings. The zero-order valence-electron chi connectivity index (χ0n) is 9.58. The minimum atomic E-state index is 0.179. The lowest BCUT2D eigenvalue weighted by Crippen LogP contribution is -2.04. The van der Waals surface area contributed by atoms with Gasteiger partial charge in [-0.1, -0.05) is 15.9 Å². The Morgan fingerprint density at radius 2 is 1.50 bits per heavy atom. The topological polar surface area (TPSA) is 36.9 Å². The molecule has 1 rings (SSSR count). The van der Waals surface area contributed by atoms with E-state index in [1.807, 2.05) is 19.1 Å². The van der Waals surface area contributed by atoms with Crippen LogP contribution >= 0.6 is 15.9 Å². The molecule has 0 heterocycles. The fraction of sp³-hybridized carbons (Fsp3) is 0.455. The van der Waals surface area contributed by atoms with Crippen LogP contribution in [0.25, 0.3) is 0 Å². The van der Waals surface area contributed by atoms with E-state index in [2.05, 4.69) is 15.9 Å². The minimum absolute atomic E-state index is 0.179. The van der Waals surface area contributed by atoms with Gasteiger partial charge in [0.1, 0.15) is 0 Å². The lowest BCUT2D eigenvalue weighted by atomic mass is 10.2. The number of rotatable bonds is 6. The van der Waals surface area contributed by atoms with Crippen LogP contribution < -0.4 is 9.47 Å². The molecule has 5 heteroatoms. The van der Waals surface area contributed by atoms with E-state index in [0.29, 0.717) is 11.5 Å². The monoisotopic (exact) mass is 290 g/mol. The van der Waals surface area contributed by atoms with Crippen LogP contribution in [0.15, 0.2) is 16.6 Å². The Labute approximate surface area is 104 Å². The molecule has 0 saturated carbocycles. The average molecular weight is 291 g/mol. The molecule has 0 atom stereocenters. The van der Waals surface area contributed by atoms with Gasteiger partial charge in [0.15, 0.2) is 25.1 Å². The lowest BCUT2D eigenvalue weighted by molar-refractivity contribution is 0.0322. The van der Waals surface area contributed by atoms with E-state index in [4.69, 9.17) is 18.9 Å². The zero-order chi connectivity index (χ0) is 12.0. The Morgan fingerprint density at radius 1 is 1.00 bits per heavy atom. The van der Waals surface area contributed by atoms with Crippen molar-refractivity contribution in [1.29, 1.82) is 0 Å². The van der Waals surface area contributed by atoms with Crippen LogP contribution in [-0.4, -0.2) is 27.8 Å². The summed E-state index contributed by atoms with van der Waals surface area (Å²) in [5.41, 5.74) is 1.07. The van der Waals surface area contributed by atoms with Crippen LogP contribution in [0.3, 0.4) is 0 Å². The lowest BCUT2D eigenvalue weighted by Gasteiger charge is -2.13. The Bertz CT molecular complexity index is 308. The maximum absolute atomic E-state index is 5.40. The highest BCUT2D eigenvalue weighted by atomic mass is 79.9. The van der Waals surface area contributed by atoms with Crippen LogP contribution in [-0.2, 0) is 9.47 Å². The fourth-order valence-electron chi connectivity index (χ4n) is 1.11. The van der Waals surface area contributed by atoms with Crippen molar-refractivity contribution < 1.29 is 18.9 Å². The summed E-state index contributed by atoms with van der Waals surface area (Å²) in [5.74, 6) is 1.26. The van der Waals surface area contributed by atoms with Crippen LogP contribution in [0.5, 0.6) is 11.5 Å². The Kier molecular flexibility index (Phi) is 5.59. The average Bonchev–Trinajstić information content (AvgIpc) is 2.28. The zero-order valence-corrected chi connectivity index (χ0v) is 11.2. The first-order valence-corrected chi connectivity index (χ1v) is 5.52. The van der Waals surface area contributed by atoms with Crippen molar-refractivity contribution in [3.63, 3.8) is 0 Å². The third-order valence-corrected chi connectivity index (χ3v) is 2.74. The second-order valence-corrected chi connectivity index (χ2v) is 4.00. The summed E-state index contributed by atoms with van der Waals surface area (Å²) in [6, 6.07) is 3.73. The summed E-state index contributed by atoms with van der Waals surface area (Å²) in [6.07, 6.45) is 0. The van der Waals surface area contributed by atoms with Crippen molar-refractivity contribution in [2.24, 2.45) is 0 Å². The maximum atomic E-state index is 5.40. The molecule has 0 aromatic heterocycles. The van der Waals surface area contributed by atoms with Gasteiger partial charge in [0.25, 0.3) is 0 Å². The molecule has 0 aliphatic rings. The minimum Gasteiger partial charge on any atom is -0.464 e. The smallest absolute Gasteiger partial charge is 0.188 e. The highest BCUT2D eigenvalue weighted by Crippen LogP contribution is 2.33. The van der Waals surface area contributed by atoms with Gasteiger partial charge in [-0.15, -0.1) is 0 Å². The van der Waals surface area contributed by atoms with E-state index in [-0.39, 0.29) is 13.6 Å². The largest absolute Gasteiger partial charge is 0.464 e. The molecule has 0 saturated heterocycles. The van der Waals surface area contributed by atoms with E-state index in [1.54, 1.807) is 14.2 Å². The molecule has 0 bridgehead atoms. The predicted octanol–water partition coefficient (Wildman–Crippen LogP) is 2.72. The molecular weight excluding hydrogens is 276 g/mol. The Balaban J connectivity index is 2.87. The second kappa shape index (κ2) is 6.73. The molecule has 0 aliphatic heterocycles. The van der Waals surface area contributed by atoms with Crippen molar-refractivity contribution >= 4 is 15.9 Å². The molecule has 16 heavy (non-hydrogen) atoms. The fourth-order valence-corrected chi connectivity index (χ4v) is 1.43. The van der Waals surface area contributed by atoms with Gasteiger partial charge in [0.05, 0.1) is 0 Å². The highest BCUT2D eigenvalue weighted by Gasteiger charge is 2.08. The molecule has 0 radical (unpaired) electrons. The molecule has 0 spiro atoms. The third-order valence-electron chi connectivity index (χ3n) is 1.89. The number of halogens is 1. The van der Waals surface area contributed by atoms with Crippen molar-refractivity contribution in [3.05, 3.63) is 22.2 Å². The molecule has 0 fully saturated rings. The van der Waals surface area contributed by atoms with E-state index in [9.17, 15) is 0 Å². The summed E-state index contributed by atoms with van der Waals surface area (Å²) in [5, 5.41) is 0. The van der Waals surface area contributed by atoms with Gasteiger partial charge in [-0.2, -0.15) is 0 Å². The summed E-state index contributed by atoms with van der Waals surface area (Å²) >= 11 is 3.43. The number of aryl methyl sites for hydroxylation is 1. The van der Waals surface area contributed by atoms with Gasteiger partial charge in [-0.25, -0.2) is 0 Å². The predicted molar refractivity (Wildman–Crippen MR) is 63.9 cm³/mol. The number of ether oxygens (including phenoxy) is 4. The van der Waals surface area contributed by atoms with Gasteiger partial charge in [0.2, 0.25) is 0 Å². The Hall–Kier alpha value is -0.780. The van der Waals surface area contributed by atoms with Crippen molar-refractivity contribution in [3.8, 4) is 11.5 Å². The molecule has 0 unspecified atom stereocenters. The first-order valence-electron chi connectivity index (χ1n) is 4.72. The van der Waals surface area contributed by atoms with Crippen LogP contribution in [0, 0.1) is 6.92 Å². The normalized spacial score (nSPS) is 10.2. The van der Waals surface area contributed by atoms with Gasteiger partial charge in [-0.3, -0.25) is 0 Å². The van der Waals surface area contributed by atoms with E-state index < -0.39 is 0 Å². The quantitative estimate of drug-likeness (QED) is 0.755. The summed E-state index contributed by atoms with van der Waals surface area (Å²) < 4.78 is 21.4.